The number of amides is 1. The number of ether oxygens (including phenoxy) is 3. The first kappa shape index (κ1) is 14.5. The Labute approximate surface area is 118 Å². The highest BCUT2D eigenvalue weighted by molar-refractivity contribution is 5.95. The lowest BCUT2D eigenvalue weighted by Gasteiger charge is -2.13. The van der Waals surface area contributed by atoms with Gasteiger partial charge in [-0.2, -0.15) is 0 Å². The van der Waals surface area contributed by atoms with E-state index >= 15 is 0 Å². The summed E-state index contributed by atoms with van der Waals surface area (Å²) >= 11 is 0. The molecule has 0 fully saturated rings. The van der Waals surface area contributed by atoms with Crippen LogP contribution in [0, 0.1) is 0 Å². The number of hydrogen-bond donors (Lipinski definition) is 2. The Morgan fingerprint density at radius 3 is 2.65 bits per heavy atom. The lowest BCUT2D eigenvalue weighted by atomic mass is 10.2. The van der Waals surface area contributed by atoms with Gasteiger partial charge in [0, 0.05) is 18.6 Å². The third kappa shape index (κ3) is 3.77. The number of anilines is 2. The smallest absolute Gasteiger partial charge is 0.250 e. The van der Waals surface area contributed by atoms with Gasteiger partial charge < -0.3 is 25.3 Å². The van der Waals surface area contributed by atoms with Gasteiger partial charge in [-0.1, -0.05) is 0 Å². The maximum Gasteiger partial charge on any atom is 0.250 e. The van der Waals surface area contributed by atoms with Crippen LogP contribution in [0.4, 0.5) is 11.4 Å². The van der Waals surface area contributed by atoms with Gasteiger partial charge in [0.15, 0.2) is 11.5 Å². The van der Waals surface area contributed by atoms with Gasteiger partial charge in [-0.3, -0.25) is 4.79 Å². The standard InChI is InChI=1S/C14H20N2O4/c1-9(2)20-8-14(17)16-11-7-13-12(6-10(11)15)18-4-3-5-19-13/h6-7,9H,3-5,8,15H2,1-2H3,(H,16,17). The second-order valence-corrected chi connectivity index (χ2v) is 4.84. The van der Waals surface area contributed by atoms with Crippen molar-refractivity contribution in [2.24, 2.45) is 0 Å². The molecule has 6 heteroatoms. The first-order valence-electron chi connectivity index (χ1n) is 6.67. The maximum absolute atomic E-state index is 11.7. The zero-order chi connectivity index (χ0) is 14.5. The molecule has 1 heterocycles. The van der Waals surface area contributed by atoms with E-state index in [9.17, 15) is 4.79 Å². The molecule has 0 saturated heterocycles. The summed E-state index contributed by atoms with van der Waals surface area (Å²) in [4.78, 5) is 11.7. The van der Waals surface area contributed by atoms with Crippen molar-refractivity contribution in [3.8, 4) is 11.5 Å². The first-order chi connectivity index (χ1) is 9.56. The average Bonchev–Trinajstić information content (AvgIpc) is 2.62. The zero-order valence-corrected chi connectivity index (χ0v) is 11.8. The van der Waals surface area contributed by atoms with Crippen LogP contribution in [-0.2, 0) is 9.53 Å². The van der Waals surface area contributed by atoms with Crippen LogP contribution in [0.1, 0.15) is 20.3 Å². The fraction of sp³-hybridized carbons (Fsp3) is 0.500. The minimum atomic E-state index is -0.250. The van der Waals surface area contributed by atoms with Gasteiger partial charge in [-0.05, 0) is 13.8 Å². The Balaban J connectivity index is 2.08. The second kappa shape index (κ2) is 6.47. The van der Waals surface area contributed by atoms with Gasteiger partial charge in [0.25, 0.3) is 0 Å². The van der Waals surface area contributed by atoms with Gasteiger partial charge in [0.1, 0.15) is 6.61 Å². The van der Waals surface area contributed by atoms with Gasteiger partial charge in [0.2, 0.25) is 5.91 Å². The lowest BCUT2D eigenvalue weighted by molar-refractivity contribution is -0.121. The highest BCUT2D eigenvalue weighted by Crippen LogP contribution is 2.36. The predicted molar refractivity (Wildman–Crippen MR) is 76.2 cm³/mol. The van der Waals surface area contributed by atoms with Crippen molar-refractivity contribution in [2.75, 3.05) is 30.9 Å². The van der Waals surface area contributed by atoms with E-state index in [1.807, 2.05) is 13.8 Å². The van der Waals surface area contributed by atoms with E-state index in [2.05, 4.69) is 5.32 Å². The van der Waals surface area contributed by atoms with Crippen LogP contribution in [0.15, 0.2) is 12.1 Å². The van der Waals surface area contributed by atoms with Crippen LogP contribution in [-0.4, -0.2) is 31.8 Å². The molecule has 110 valence electrons. The molecule has 0 radical (unpaired) electrons. The summed E-state index contributed by atoms with van der Waals surface area (Å²) in [7, 11) is 0. The molecule has 1 aliphatic heterocycles. The summed E-state index contributed by atoms with van der Waals surface area (Å²) in [6, 6.07) is 3.35. The van der Waals surface area contributed by atoms with Crippen LogP contribution in [0.2, 0.25) is 0 Å². The van der Waals surface area contributed by atoms with Gasteiger partial charge >= 0.3 is 0 Å². The highest BCUT2D eigenvalue weighted by atomic mass is 16.5. The fourth-order valence-corrected chi connectivity index (χ4v) is 1.76. The van der Waals surface area contributed by atoms with E-state index in [-0.39, 0.29) is 18.6 Å². The monoisotopic (exact) mass is 280 g/mol. The van der Waals surface area contributed by atoms with E-state index in [4.69, 9.17) is 19.9 Å². The Morgan fingerprint density at radius 2 is 2.00 bits per heavy atom. The van der Waals surface area contributed by atoms with Crippen molar-refractivity contribution in [2.45, 2.75) is 26.4 Å². The largest absolute Gasteiger partial charge is 0.489 e. The van der Waals surface area contributed by atoms with E-state index in [1.165, 1.54) is 0 Å². The number of carbonyl (C=O) groups excluding carboxylic acids is 1. The molecular weight excluding hydrogens is 260 g/mol. The summed E-state index contributed by atoms with van der Waals surface area (Å²) in [5.74, 6) is 0.952. The number of carbonyl (C=O) groups is 1. The highest BCUT2D eigenvalue weighted by Gasteiger charge is 2.15. The number of hydrogen-bond acceptors (Lipinski definition) is 5. The van der Waals surface area contributed by atoms with Crippen LogP contribution in [0.3, 0.4) is 0 Å². The molecule has 0 unspecified atom stereocenters. The number of rotatable bonds is 4. The Kier molecular flexibility index (Phi) is 4.68. The molecular formula is C14H20N2O4. The molecule has 0 aliphatic carbocycles. The summed E-state index contributed by atoms with van der Waals surface area (Å²) in [6.45, 7) is 4.91. The maximum atomic E-state index is 11.7. The molecule has 1 aromatic rings. The van der Waals surface area contributed by atoms with Crippen molar-refractivity contribution in [1.29, 1.82) is 0 Å². The topological polar surface area (TPSA) is 82.8 Å². The molecule has 1 aliphatic rings. The summed E-state index contributed by atoms with van der Waals surface area (Å²) < 4.78 is 16.3. The molecule has 6 nitrogen and oxygen atoms in total. The molecule has 0 aromatic heterocycles. The molecule has 2 rings (SSSR count). The average molecular weight is 280 g/mol. The van der Waals surface area contributed by atoms with Crippen molar-refractivity contribution < 1.29 is 19.0 Å². The quantitative estimate of drug-likeness (QED) is 0.822. The SMILES string of the molecule is CC(C)OCC(=O)Nc1cc2c(cc1N)OCCCO2. The molecule has 3 N–H and O–H groups in total. The van der Waals surface area contributed by atoms with Crippen LogP contribution >= 0.6 is 0 Å². The van der Waals surface area contributed by atoms with Crippen LogP contribution in [0.25, 0.3) is 0 Å². The molecule has 0 bridgehead atoms. The van der Waals surface area contributed by atoms with Gasteiger partial charge in [-0.25, -0.2) is 0 Å². The van der Waals surface area contributed by atoms with Crippen molar-refractivity contribution in [3.05, 3.63) is 12.1 Å². The van der Waals surface area contributed by atoms with E-state index in [1.54, 1.807) is 12.1 Å². The number of fused-ring (bicyclic) bond motifs is 1. The fourth-order valence-electron chi connectivity index (χ4n) is 1.76. The van der Waals surface area contributed by atoms with Crippen molar-refractivity contribution >= 4 is 17.3 Å². The van der Waals surface area contributed by atoms with Gasteiger partial charge in [-0.15, -0.1) is 0 Å². The third-order valence-electron chi connectivity index (χ3n) is 2.74. The molecule has 20 heavy (non-hydrogen) atoms. The second-order valence-electron chi connectivity index (χ2n) is 4.84. The number of nitrogen functional groups attached to an aromatic ring is 1. The summed E-state index contributed by atoms with van der Waals surface area (Å²) in [5.41, 5.74) is 6.85. The molecule has 1 amide bonds. The van der Waals surface area contributed by atoms with Crippen molar-refractivity contribution in [3.63, 3.8) is 0 Å². The molecule has 0 saturated carbocycles. The Bertz CT molecular complexity index is 488. The Hall–Kier alpha value is -1.95. The van der Waals surface area contributed by atoms with Crippen molar-refractivity contribution in [1.82, 2.24) is 0 Å². The molecule has 0 atom stereocenters. The lowest BCUT2D eigenvalue weighted by Crippen LogP contribution is -2.21. The molecule has 1 aromatic carbocycles. The number of benzene rings is 1. The van der Waals surface area contributed by atoms with Crippen LogP contribution in [0.5, 0.6) is 11.5 Å². The van der Waals surface area contributed by atoms with E-state index in [0.29, 0.717) is 36.1 Å². The summed E-state index contributed by atoms with van der Waals surface area (Å²) in [6.07, 6.45) is 0.820. The minimum absolute atomic E-state index is 0.00174. The minimum Gasteiger partial charge on any atom is -0.489 e. The first-order valence-corrected chi connectivity index (χ1v) is 6.67. The predicted octanol–water partition coefficient (Wildman–Crippen LogP) is 1.79. The third-order valence-corrected chi connectivity index (χ3v) is 2.74. The van der Waals surface area contributed by atoms with Gasteiger partial charge in [0.05, 0.1) is 30.7 Å². The molecule has 0 spiro atoms. The van der Waals surface area contributed by atoms with E-state index < -0.39 is 0 Å². The van der Waals surface area contributed by atoms with Crippen LogP contribution < -0.4 is 20.5 Å². The summed E-state index contributed by atoms with van der Waals surface area (Å²) in [5, 5.41) is 2.71. The van der Waals surface area contributed by atoms with E-state index in [0.717, 1.165) is 6.42 Å². The number of nitrogens with one attached hydrogen (secondary N) is 1. The normalized spacial score (nSPS) is 13.9. The zero-order valence-electron chi connectivity index (χ0n) is 11.8. The Morgan fingerprint density at radius 1 is 1.35 bits per heavy atom. The number of nitrogens with two attached hydrogens (primary N) is 1.